The van der Waals surface area contributed by atoms with Crippen molar-refractivity contribution in [2.24, 2.45) is 0 Å². The van der Waals surface area contributed by atoms with E-state index < -0.39 is 29.3 Å². The van der Waals surface area contributed by atoms with Crippen LogP contribution in [-0.2, 0) is 22.9 Å². The molecule has 32 nitrogen and oxygen atoms in total. The zero-order chi connectivity index (χ0) is 7.84. The zero-order valence-electron chi connectivity index (χ0n) is 21.7. The van der Waals surface area contributed by atoms with E-state index in [1.165, 1.54) is 0 Å². The van der Waals surface area contributed by atoms with Crippen LogP contribution < -0.4 is 128 Å². The topological polar surface area (TPSA) is 880 Å². The molecule has 0 atom stereocenters. The Bertz CT molecular complexity index is 142. The third kappa shape index (κ3) is 124. The van der Waals surface area contributed by atoms with E-state index in [0.29, 0.717) is 0 Å². The first kappa shape index (κ1) is 338. The molecule has 0 spiro atoms. The third-order valence-electron chi connectivity index (χ3n) is 1.11. The van der Waals surface area contributed by atoms with Crippen molar-refractivity contribution in [1.82, 2.24) is 0 Å². The van der Waals surface area contributed by atoms with E-state index in [4.69, 9.17) is 0 Å². The fourth-order valence-corrected chi connectivity index (χ4v) is 0.710. The monoisotopic (exact) mass is 698 g/mol. The number of hydrogen-bond donors (Lipinski definition) is 0. The molecular weight excluding hydrogens is 647 g/mol. The molecule has 0 saturated carbocycles. The molecule has 2 fully saturated rings. The molecule has 0 amide bonds. The Morgan fingerprint density at radius 2 is 0.325 bits per heavy atom. The largest absolute Gasteiger partial charge is 1.00 e. The standard InChI is InChI=1S/B4O7.4Na.25H2O/c5-1-7-3-9-2(6)10-4(8-1)11-3;;;;;;;;;;;;;;;;;;;;;;;;;;;;;/h;;;;;25*1H2/q-2;4*+1;;;;;;;;;;;;;;;;;;;;;;;;;. The summed E-state index contributed by atoms with van der Waals surface area (Å²) in [6.45, 7) is 0. The number of hydrogen-bond acceptors (Lipinski definition) is 7. The SMILES string of the molecule is O.O.O.O.O.O.O.O.O.O.O.O.O.O.O.O.O.O.O.O.O.O.O.O.O.[Na+].[Na+].[Na+].[Na+].[O-]B1OB2OB([O-])OB(O1)O2. The van der Waals surface area contributed by atoms with Crippen LogP contribution in [-0.4, -0.2) is 166 Å². The molecule has 0 aromatic carbocycles. The molecule has 2 aliphatic rings. The molecule has 2 heterocycles. The Kier molecular flexibility index (Phi) is 1490. The van der Waals surface area contributed by atoms with Gasteiger partial charge in [-0.15, -0.1) is 0 Å². The van der Waals surface area contributed by atoms with Gasteiger partial charge in [0.15, 0.2) is 0 Å². The molecule has 40 heavy (non-hydrogen) atoms. The second-order valence-corrected chi connectivity index (χ2v) is 1.84. The van der Waals surface area contributed by atoms with E-state index in [2.05, 4.69) is 22.9 Å². The van der Waals surface area contributed by atoms with Gasteiger partial charge in [-0.3, -0.25) is 0 Å². The second-order valence-electron chi connectivity index (χ2n) is 1.84. The van der Waals surface area contributed by atoms with Crippen LogP contribution in [0.4, 0.5) is 0 Å². The molecule has 256 valence electrons. The van der Waals surface area contributed by atoms with E-state index in [1.807, 2.05) is 0 Å². The first-order chi connectivity index (χ1) is 5.24. The summed E-state index contributed by atoms with van der Waals surface area (Å²) < 4.78 is 21.9. The van der Waals surface area contributed by atoms with Crippen molar-refractivity contribution in [1.29, 1.82) is 0 Å². The molecule has 50 N–H and O–H groups in total. The first-order valence-electron chi connectivity index (χ1n) is 2.83. The van der Waals surface area contributed by atoms with Gasteiger partial charge in [0.25, 0.3) is 0 Å². The summed E-state index contributed by atoms with van der Waals surface area (Å²) in [4.78, 5) is 0. The van der Waals surface area contributed by atoms with Crippen molar-refractivity contribution in [3.63, 3.8) is 0 Å². The summed E-state index contributed by atoms with van der Waals surface area (Å²) in [7, 11) is -6.00. The molecule has 0 aromatic heterocycles. The Morgan fingerprint density at radius 3 is 0.425 bits per heavy atom. The van der Waals surface area contributed by atoms with E-state index in [0.717, 1.165) is 0 Å². The van der Waals surface area contributed by atoms with Gasteiger partial charge in [-0.2, -0.15) is 0 Å². The number of rotatable bonds is 0. The minimum absolute atomic E-state index is 0. The Labute approximate surface area is 314 Å². The van der Waals surface area contributed by atoms with Gasteiger partial charge in [-0.25, -0.2) is 0 Å². The van der Waals surface area contributed by atoms with Gasteiger partial charge >= 0.3 is 148 Å². The molecule has 2 rings (SSSR count). The average Bonchev–Trinajstić information content (AvgIpc) is 1.82. The summed E-state index contributed by atoms with van der Waals surface area (Å²) in [5.41, 5.74) is 0. The second kappa shape index (κ2) is 177. The van der Waals surface area contributed by atoms with Crippen LogP contribution in [0.15, 0.2) is 0 Å². The minimum atomic E-state index is -1.73. The van der Waals surface area contributed by atoms with Crippen molar-refractivity contribution in [2.75, 3.05) is 0 Å². The van der Waals surface area contributed by atoms with Crippen LogP contribution in [0.2, 0.25) is 0 Å². The van der Waals surface area contributed by atoms with Crippen LogP contribution in [0.1, 0.15) is 0 Å². The average molecular weight is 698 g/mol. The van der Waals surface area contributed by atoms with E-state index in [1.54, 1.807) is 0 Å². The van der Waals surface area contributed by atoms with Crippen molar-refractivity contribution >= 4 is 29.3 Å². The fraction of sp³-hybridized carbons (Fsp3) is 0. The normalized spacial score (nSPS) is 6.75. The fourth-order valence-electron chi connectivity index (χ4n) is 0.710. The van der Waals surface area contributed by atoms with Crippen LogP contribution >= 0.6 is 0 Å². The predicted molar refractivity (Wildman–Crippen MR) is 119 cm³/mol. The molecule has 40 heteroatoms. The van der Waals surface area contributed by atoms with Crippen LogP contribution in [0.25, 0.3) is 0 Å². The van der Waals surface area contributed by atoms with Crippen LogP contribution in [0.3, 0.4) is 0 Å². The molecule has 0 aromatic rings. The van der Waals surface area contributed by atoms with E-state index in [9.17, 15) is 10.0 Å². The van der Waals surface area contributed by atoms with Gasteiger partial charge < -0.3 is 170 Å². The molecule has 0 unspecified atom stereocenters. The van der Waals surface area contributed by atoms with E-state index in [-0.39, 0.29) is 255 Å². The smallest absolute Gasteiger partial charge is 0.833 e. The zero-order valence-corrected chi connectivity index (χ0v) is 29.7. The van der Waals surface area contributed by atoms with Gasteiger partial charge in [-0.1, -0.05) is 0 Å². The summed E-state index contributed by atoms with van der Waals surface area (Å²) in [5.74, 6) is 0. The van der Waals surface area contributed by atoms with Crippen molar-refractivity contribution in [3.05, 3.63) is 0 Å². The quantitative estimate of drug-likeness (QED) is 0.220. The van der Waals surface area contributed by atoms with Crippen LogP contribution in [0, 0.1) is 0 Å². The third-order valence-corrected chi connectivity index (χ3v) is 1.11. The Balaban J connectivity index is -0.00000000191. The van der Waals surface area contributed by atoms with Gasteiger partial charge in [0, 0.05) is 0 Å². The van der Waals surface area contributed by atoms with Gasteiger partial charge in [0.05, 0.1) is 0 Å². The maximum atomic E-state index is 10.5. The van der Waals surface area contributed by atoms with E-state index >= 15 is 0 Å². The summed E-state index contributed by atoms with van der Waals surface area (Å²) in [6, 6.07) is 0. The van der Waals surface area contributed by atoms with Crippen molar-refractivity contribution < 1.29 is 288 Å². The molecule has 2 saturated heterocycles. The van der Waals surface area contributed by atoms with Gasteiger partial charge in [0.1, 0.15) is 0 Å². The maximum Gasteiger partial charge on any atom is 1.00 e. The molecule has 2 bridgehead atoms. The summed E-state index contributed by atoms with van der Waals surface area (Å²) in [6.07, 6.45) is 0. The Hall–Kier alpha value is 2.98. The minimum Gasteiger partial charge on any atom is -0.833 e. The predicted octanol–water partition coefficient (Wildman–Crippen LogP) is -36.8. The molecular formula is H50B4Na4O32+2. The Morgan fingerprint density at radius 1 is 0.225 bits per heavy atom. The van der Waals surface area contributed by atoms with Crippen LogP contribution in [0.5, 0.6) is 0 Å². The van der Waals surface area contributed by atoms with Crippen molar-refractivity contribution in [2.45, 2.75) is 0 Å². The summed E-state index contributed by atoms with van der Waals surface area (Å²) in [5, 5.41) is 21.0. The maximum absolute atomic E-state index is 10.5. The molecule has 0 radical (unpaired) electrons. The molecule has 0 aliphatic carbocycles. The number of fused-ring (bicyclic) bond motifs is 2. The van der Waals surface area contributed by atoms with Gasteiger partial charge in [0.2, 0.25) is 0 Å². The van der Waals surface area contributed by atoms with Gasteiger partial charge in [-0.05, 0) is 0 Å². The first-order valence-corrected chi connectivity index (χ1v) is 2.83. The molecule has 2 aliphatic heterocycles. The van der Waals surface area contributed by atoms with Crippen molar-refractivity contribution in [3.8, 4) is 0 Å². The summed E-state index contributed by atoms with van der Waals surface area (Å²) >= 11 is 0.